The van der Waals surface area contributed by atoms with Crippen LogP contribution in [0.1, 0.15) is 227 Å². The van der Waals surface area contributed by atoms with E-state index in [1.807, 2.05) is 0 Å². The molecule has 0 aliphatic carbocycles. The second kappa shape index (κ2) is 38.2. The van der Waals surface area contributed by atoms with Gasteiger partial charge in [-0.05, 0) is 30.2 Å². The van der Waals surface area contributed by atoms with E-state index < -0.39 is 46.4 Å². The van der Waals surface area contributed by atoms with Gasteiger partial charge >= 0.3 is 46.4 Å². The lowest BCUT2D eigenvalue weighted by Gasteiger charge is -2.34. The van der Waals surface area contributed by atoms with Gasteiger partial charge in [-0.25, -0.2) is 0 Å². The van der Waals surface area contributed by atoms with Crippen LogP contribution in [0.25, 0.3) is 0 Å². The summed E-state index contributed by atoms with van der Waals surface area (Å²) in [6, 6.07) is 5.73. The quantitative estimate of drug-likeness (QED) is 0.0473. The molecule has 0 spiro atoms. The van der Waals surface area contributed by atoms with E-state index in [-0.39, 0.29) is 0 Å². The van der Waals surface area contributed by atoms with Gasteiger partial charge < -0.3 is 20.6 Å². The Morgan fingerprint density at radius 1 is 0.200 bits per heavy atom. The first-order valence-electron chi connectivity index (χ1n) is 22.9. The van der Waals surface area contributed by atoms with Crippen molar-refractivity contribution in [2.45, 2.75) is 257 Å². The van der Waals surface area contributed by atoms with E-state index in [4.69, 9.17) is 20.6 Å². The lowest BCUT2D eigenvalue weighted by molar-refractivity contribution is 0.276. The minimum atomic E-state index is -1.85. The molecule has 1 rings (SSSR count). The highest BCUT2D eigenvalue weighted by Crippen LogP contribution is 2.24. The van der Waals surface area contributed by atoms with Gasteiger partial charge in [0.25, 0.3) is 0 Å². The van der Waals surface area contributed by atoms with Crippen LogP contribution in [0.4, 0.5) is 0 Å². The van der Waals surface area contributed by atoms with Gasteiger partial charge in [-0.3, -0.25) is 0 Å². The van der Waals surface area contributed by atoms with Crippen molar-refractivity contribution in [3.63, 3.8) is 0 Å². The van der Waals surface area contributed by atoms with E-state index in [1.165, 1.54) is 193 Å². The molecule has 0 bridgehead atoms. The highest BCUT2D eigenvalue weighted by Gasteiger charge is 2.34. The molecular weight excluding hydrogens is 701 g/mol. The topological polar surface area (TPSA) is 46.2 Å². The third kappa shape index (κ3) is 30.2. The van der Waals surface area contributed by atoms with Crippen LogP contribution in [0.15, 0.2) is 0 Å². The summed E-state index contributed by atoms with van der Waals surface area (Å²) in [7, 11) is -9.24. The van der Waals surface area contributed by atoms with E-state index in [9.17, 15) is 0 Å². The van der Waals surface area contributed by atoms with Gasteiger partial charge in [-0.2, -0.15) is 0 Å². The molecule has 10 heteroatoms. The molecule has 0 unspecified atom stereocenters. The number of hydrogen-bond acceptors (Lipinski definition) is 5. The van der Waals surface area contributed by atoms with Crippen molar-refractivity contribution in [1.29, 1.82) is 0 Å². The normalized spacial score (nSPS) is 21.9. The molecule has 5 nitrogen and oxygen atoms in total. The van der Waals surface area contributed by atoms with Crippen LogP contribution in [-0.2, 0) is 20.6 Å². The van der Waals surface area contributed by atoms with Crippen LogP contribution >= 0.6 is 0 Å². The molecule has 0 amide bonds. The lowest BCUT2D eigenvalue weighted by atomic mass is 10.1. The highest BCUT2D eigenvalue weighted by molar-refractivity contribution is 6.74. The van der Waals surface area contributed by atoms with Gasteiger partial charge in [0.15, 0.2) is 0 Å². The average molecular weight is 792 g/mol. The average Bonchev–Trinajstić information content (AvgIpc) is 3.11. The molecule has 1 aliphatic rings. The van der Waals surface area contributed by atoms with Crippen molar-refractivity contribution in [3.8, 4) is 0 Å². The van der Waals surface area contributed by atoms with Gasteiger partial charge in [0.1, 0.15) is 0 Å². The highest BCUT2D eigenvalue weighted by atomic mass is 28.5. The molecule has 0 aromatic heterocycles. The van der Waals surface area contributed by atoms with Crippen LogP contribution in [0.5, 0.6) is 0 Å². The Balaban J connectivity index is 3.12. The van der Waals surface area contributed by atoms with Crippen LogP contribution in [-0.4, -0.2) is 46.4 Å². The Labute approximate surface area is 323 Å². The molecule has 50 heavy (non-hydrogen) atoms. The summed E-state index contributed by atoms with van der Waals surface area (Å²) in [5, 5.41) is 0. The molecule has 0 N–H and O–H groups in total. The van der Waals surface area contributed by atoms with Crippen molar-refractivity contribution in [2.24, 2.45) is 0 Å². The Morgan fingerprint density at radius 2 is 0.340 bits per heavy atom. The number of rotatable bonds is 35. The van der Waals surface area contributed by atoms with Gasteiger partial charge in [0, 0.05) is 0 Å². The summed E-state index contributed by atoms with van der Waals surface area (Å²) < 4.78 is 36.0. The fourth-order valence-electron chi connectivity index (χ4n) is 7.14. The van der Waals surface area contributed by atoms with Crippen molar-refractivity contribution in [2.75, 3.05) is 0 Å². The van der Waals surface area contributed by atoms with E-state index in [0.29, 0.717) is 0 Å². The maximum absolute atomic E-state index is 7.19. The van der Waals surface area contributed by atoms with Crippen molar-refractivity contribution < 1.29 is 20.6 Å². The first-order chi connectivity index (χ1) is 24.7. The number of unbranched alkanes of at least 4 members (excludes halogenated alkanes) is 25. The van der Waals surface area contributed by atoms with Gasteiger partial charge in [0.2, 0.25) is 0 Å². The zero-order valence-corrected chi connectivity index (χ0v) is 40.5. The molecule has 1 fully saturated rings. The van der Waals surface area contributed by atoms with Crippen molar-refractivity contribution in [3.05, 3.63) is 0 Å². The van der Waals surface area contributed by atoms with Crippen LogP contribution in [0.2, 0.25) is 30.2 Å². The minimum Gasteiger partial charge on any atom is -0.420 e. The summed E-state index contributed by atoms with van der Waals surface area (Å²) in [6.45, 7) is 11.6. The third-order valence-corrected chi connectivity index (χ3v) is 27.0. The van der Waals surface area contributed by atoms with Gasteiger partial charge in [0.05, 0.1) is 0 Å². The van der Waals surface area contributed by atoms with E-state index in [2.05, 4.69) is 34.6 Å². The molecular formula is C40H90O5Si5. The lowest BCUT2D eigenvalue weighted by Crippen LogP contribution is -2.48. The SMILES string of the molecule is CCCCCCCC[SiH]1O[SiH](CCCCCCCC)O[SiH](CCCCCCCC)O[SiH](CCCCCCCC)O[SiH](CCCCCCCC)O1. The Hall–Kier alpha value is 0.884. The molecule has 0 aromatic rings. The first kappa shape index (κ1) is 48.9. The van der Waals surface area contributed by atoms with Gasteiger partial charge in [-0.1, -0.05) is 227 Å². The van der Waals surface area contributed by atoms with Crippen LogP contribution < -0.4 is 0 Å². The molecule has 1 heterocycles. The number of hydrogen-bond donors (Lipinski definition) is 0. The zero-order valence-electron chi connectivity index (χ0n) is 34.7. The fraction of sp³-hybridized carbons (Fsp3) is 1.00. The predicted molar refractivity (Wildman–Crippen MR) is 232 cm³/mol. The van der Waals surface area contributed by atoms with Crippen molar-refractivity contribution in [1.82, 2.24) is 0 Å². The summed E-state index contributed by atoms with van der Waals surface area (Å²) in [5.74, 6) is 0. The van der Waals surface area contributed by atoms with Crippen molar-refractivity contribution >= 4 is 46.4 Å². The maximum atomic E-state index is 7.19. The van der Waals surface area contributed by atoms with Crippen LogP contribution in [0.3, 0.4) is 0 Å². The molecule has 0 atom stereocenters. The summed E-state index contributed by atoms with van der Waals surface area (Å²) in [5.41, 5.74) is 0. The summed E-state index contributed by atoms with van der Waals surface area (Å²) in [6.07, 6.45) is 39.9. The monoisotopic (exact) mass is 791 g/mol. The Bertz CT molecular complexity index is 544. The predicted octanol–water partition coefficient (Wildman–Crippen LogP) is 13.0. The van der Waals surface area contributed by atoms with Crippen LogP contribution in [0, 0.1) is 0 Å². The Morgan fingerprint density at radius 3 is 0.500 bits per heavy atom. The summed E-state index contributed by atoms with van der Waals surface area (Å²) >= 11 is 0. The second-order valence-electron chi connectivity index (χ2n) is 15.6. The Kier molecular flexibility index (Phi) is 37.3. The second-order valence-corrected chi connectivity index (χ2v) is 28.2. The molecule has 0 saturated carbocycles. The first-order valence-corrected chi connectivity index (χ1v) is 31.7. The molecule has 1 saturated heterocycles. The molecule has 1 aliphatic heterocycles. The minimum absolute atomic E-state index is 1.15. The van der Waals surface area contributed by atoms with Gasteiger partial charge in [-0.15, -0.1) is 0 Å². The van der Waals surface area contributed by atoms with E-state index >= 15 is 0 Å². The molecule has 0 radical (unpaired) electrons. The summed E-state index contributed by atoms with van der Waals surface area (Å²) in [4.78, 5) is 0. The molecule has 300 valence electrons. The smallest absolute Gasteiger partial charge is 0.303 e. The molecule has 0 aromatic carbocycles. The third-order valence-electron chi connectivity index (χ3n) is 10.5. The fourth-order valence-corrected chi connectivity index (χ4v) is 26.6. The largest absolute Gasteiger partial charge is 0.420 e. The zero-order chi connectivity index (χ0) is 36.2. The van der Waals surface area contributed by atoms with E-state index in [1.54, 1.807) is 0 Å². The maximum Gasteiger partial charge on any atom is 0.303 e. The van der Waals surface area contributed by atoms with E-state index in [0.717, 1.165) is 30.2 Å². The standard InChI is InChI=1S/C40H90O5Si5/c1-6-11-16-21-26-31-36-46-41-47(37-32-27-22-17-12-7-2)43-49(39-34-29-24-19-14-9-4)45-50(40-35-30-25-20-15-10-5)44-48(42-46)38-33-28-23-18-13-8-3/h46-50H,6-40H2,1-5H3.